The summed E-state index contributed by atoms with van der Waals surface area (Å²) in [5.41, 5.74) is 1.02. The van der Waals surface area contributed by atoms with E-state index in [9.17, 15) is 22.0 Å². The van der Waals surface area contributed by atoms with Crippen LogP contribution >= 0.6 is 11.3 Å². The van der Waals surface area contributed by atoms with Gasteiger partial charge in [-0.05, 0) is 31.0 Å². The zero-order valence-electron chi connectivity index (χ0n) is 19.1. The summed E-state index contributed by atoms with van der Waals surface area (Å²) in [6.07, 6.45) is 5.21. The number of thiazole rings is 1. The summed E-state index contributed by atoms with van der Waals surface area (Å²) in [6.45, 7) is 3.15. The van der Waals surface area contributed by atoms with Crippen LogP contribution in [0.2, 0.25) is 0 Å². The maximum absolute atomic E-state index is 13.1. The molecular formula is C22H23F2N5O5S2. The van der Waals surface area contributed by atoms with Crippen LogP contribution in [0.3, 0.4) is 0 Å². The van der Waals surface area contributed by atoms with Gasteiger partial charge in [0.15, 0.2) is 5.01 Å². The zero-order chi connectivity index (χ0) is 25.7. The predicted octanol–water partition coefficient (Wildman–Crippen LogP) is 3.47. The topological polar surface area (TPSA) is 132 Å². The van der Waals surface area contributed by atoms with Crippen molar-refractivity contribution < 1.29 is 31.5 Å². The number of hydrogen-bond donors (Lipinski definition) is 2. The zero-order valence-corrected chi connectivity index (χ0v) is 20.7. The lowest BCUT2D eigenvalue weighted by atomic mass is 9.92. The molecule has 3 aromatic rings. The molecule has 0 aliphatic carbocycles. The van der Waals surface area contributed by atoms with Crippen LogP contribution in [0.15, 0.2) is 42.9 Å². The molecule has 1 aliphatic rings. The monoisotopic (exact) mass is 539 g/mol. The molecule has 2 N–H and O–H groups in total. The van der Waals surface area contributed by atoms with E-state index in [2.05, 4.69) is 20.3 Å². The smallest absolute Gasteiger partial charge is 0.355 e. The summed E-state index contributed by atoms with van der Waals surface area (Å²) >= 11 is 1.13. The van der Waals surface area contributed by atoms with Gasteiger partial charge in [-0.3, -0.25) is 14.5 Å². The Kier molecular flexibility index (Phi) is 8.06. The molecule has 1 amide bonds. The number of sulfonamides is 1. The number of ether oxygens (including phenoxy) is 2. The Hall–Kier alpha value is -3.23. The van der Waals surface area contributed by atoms with Gasteiger partial charge in [-0.2, -0.15) is 8.78 Å². The normalized spacial score (nSPS) is 16.6. The van der Waals surface area contributed by atoms with Gasteiger partial charge in [0.05, 0.1) is 36.5 Å². The lowest BCUT2D eigenvalue weighted by Crippen LogP contribution is -2.34. The van der Waals surface area contributed by atoms with Crippen molar-refractivity contribution in [1.82, 2.24) is 20.3 Å². The number of benzene rings is 1. The molecule has 0 unspecified atom stereocenters. The summed E-state index contributed by atoms with van der Waals surface area (Å²) in [7, 11) is -4.83. The summed E-state index contributed by atoms with van der Waals surface area (Å²) < 4.78 is 61.5. The minimum absolute atomic E-state index is 0.0322. The largest absolute Gasteiger partial charge is 0.477 e. The molecule has 36 heavy (non-hydrogen) atoms. The highest BCUT2D eigenvalue weighted by Gasteiger charge is 2.30. The van der Waals surface area contributed by atoms with Crippen molar-refractivity contribution >= 4 is 33.0 Å². The van der Waals surface area contributed by atoms with E-state index >= 15 is 0 Å². The van der Waals surface area contributed by atoms with Crippen molar-refractivity contribution in [3.63, 3.8) is 0 Å². The maximum atomic E-state index is 13.1. The van der Waals surface area contributed by atoms with Gasteiger partial charge in [0, 0.05) is 24.4 Å². The number of halogens is 2. The standard InChI is InChI=1S/C22H23F2N5O5S2/c1-2-34-18-11-25-9-16(27-18)17-10-26-21(35-17)20(30)28-19(14-6-7-33-12-14)13-4-3-5-15(8-13)29-36(31,32)22(23)24/h3-5,8-11,14,19,22,29H,2,6-7,12H2,1H3,(H,28,30)/t14-,19+/m1/s1. The summed E-state index contributed by atoms with van der Waals surface area (Å²) in [6, 6.07) is 5.43. The first-order chi connectivity index (χ1) is 17.3. The Bertz CT molecular complexity index is 1320. The van der Waals surface area contributed by atoms with Crippen molar-refractivity contribution in [2.45, 2.75) is 25.1 Å². The van der Waals surface area contributed by atoms with Crippen LogP contribution in [-0.4, -0.2) is 54.9 Å². The first-order valence-electron chi connectivity index (χ1n) is 11.0. The molecule has 1 fully saturated rings. The Labute approximate surface area is 210 Å². The molecule has 192 valence electrons. The van der Waals surface area contributed by atoms with Crippen LogP contribution in [0.25, 0.3) is 10.6 Å². The fourth-order valence-corrected chi connectivity index (χ4v) is 5.00. The molecule has 0 bridgehead atoms. The number of nitrogens with zero attached hydrogens (tertiary/aromatic N) is 3. The Morgan fingerprint density at radius 3 is 2.86 bits per heavy atom. The second-order valence-corrected chi connectivity index (χ2v) is 10.5. The summed E-state index contributed by atoms with van der Waals surface area (Å²) in [5, 5.41) is 3.13. The quantitative estimate of drug-likeness (QED) is 0.400. The van der Waals surface area contributed by atoms with E-state index in [1.54, 1.807) is 12.3 Å². The highest BCUT2D eigenvalue weighted by Crippen LogP contribution is 2.32. The van der Waals surface area contributed by atoms with E-state index < -0.39 is 27.7 Å². The van der Waals surface area contributed by atoms with Gasteiger partial charge in [0.2, 0.25) is 5.88 Å². The number of carbonyl (C=O) groups excluding carboxylic acids is 1. The molecule has 2 atom stereocenters. The SMILES string of the molecule is CCOc1cncc(-c2cnc(C(=O)N[C@@H](c3cccc(NS(=O)(=O)C(F)F)c3)[C@@H]3CCOC3)s2)n1. The van der Waals surface area contributed by atoms with Gasteiger partial charge in [0.25, 0.3) is 15.9 Å². The van der Waals surface area contributed by atoms with Gasteiger partial charge in [-0.1, -0.05) is 12.1 Å². The van der Waals surface area contributed by atoms with Crippen LogP contribution < -0.4 is 14.8 Å². The Morgan fingerprint density at radius 2 is 2.14 bits per heavy atom. The number of anilines is 1. The number of alkyl halides is 2. The fourth-order valence-electron chi connectivity index (χ4n) is 3.68. The molecule has 0 radical (unpaired) electrons. The van der Waals surface area contributed by atoms with Crippen LogP contribution in [0, 0.1) is 5.92 Å². The third-order valence-electron chi connectivity index (χ3n) is 5.32. The summed E-state index contributed by atoms with van der Waals surface area (Å²) in [4.78, 5) is 26.4. The molecule has 10 nitrogen and oxygen atoms in total. The third-order valence-corrected chi connectivity index (χ3v) is 7.33. The molecule has 0 saturated carbocycles. The van der Waals surface area contributed by atoms with Crippen LogP contribution in [0.5, 0.6) is 5.88 Å². The molecule has 14 heteroatoms. The molecule has 4 rings (SSSR count). The first-order valence-corrected chi connectivity index (χ1v) is 13.3. The van der Waals surface area contributed by atoms with Crippen LogP contribution in [0.4, 0.5) is 14.5 Å². The third kappa shape index (κ3) is 6.12. The lowest BCUT2D eigenvalue weighted by molar-refractivity contribution is 0.0915. The number of rotatable bonds is 10. The molecule has 1 aromatic carbocycles. The number of hydrogen-bond acceptors (Lipinski definition) is 9. The molecule has 2 aromatic heterocycles. The van der Waals surface area contributed by atoms with Gasteiger partial charge < -0.3 is 14.8 Å². The van der Waals surface area contributed by atoms with E-state index in [4.69, 9.17) is 9.47 Å². The van der Waals surface area contributed by atoms with E-state index in [-0.39, 0.29) is 16.6 Å². The van der Waals surface area contributed by atoms with E-state index in [0.717, 1.165) is 11.3 Å². The van der Waals surface area contributed by atoms with E-state index in [1.165, 1.54) is 30.6 Å². The number of carbonyl (C=O) groups is 1. The average Bonchev–Trinajstić information content (AvgIpc) is 3.55. The molecule has 1 aliphatic heterocycles. The van der Waals surface area contributed by atoms with Crippen molar-refractivity contribution in [3.8, 4) is 16.5 Å². The Morgan fingerprint density at radius 1 is 1.31 bits per heavy atom. The predicted molar refractivity (Wildman–Crippen MR) is 128 cm³/mol. The first kappa shape index (κ1) is 25.9. The molecule has 1 saturated heterocycles. The molecule has 0 spiro atoms. The van der Waals surface area contributed by atoms with E-state index in [0.29, 0.717) is 48.3 Å². The number of amides is 1. The molecular weight excluding hydrogens is 516 g/mol. The fraction of sp³-hybridized carbons (Fsp3) is 0.364. The highest BCUT2D eigenvalue weighted by atomic mass is 32.2. The van der Waals surface area contributed by atoms with Crippen LogP contribution in [0.1, 0.15) is 34.8 Å². The van der Waals surface area contributed by atoms with Crippen LogP contribution in [-0.2, 0) is 14.8 Å². The minimum atomic E-state index is -4.83. The lowest BCUT2D eigenvalue weighted by Gasteiger charge is -2.24. The average molecular weight is 540 g/mol. The second-order valence-electron chi connectivity index (χ2n) is 7.81. The number of nitrogens with one attached hydrogen (secondary N) is 2. The highest BCUT2D eigenvalue weighted by molar-refractivity contribution is 7.93. The van der Waals surface area contributed by atoms with Crippen molar-refractivity contribution in [3.05, 3.63) is 53.4 Å². The van der Waals surface area contributed by atoms with Gasteiger partial charge in [0.1, 0.15) is 5.69 Å². The van der Waals surface area contributed by atoms with E-state index in [1.807, 2.05) is 11.6 Å². The maximum Gasteiger partial charge on any atom is 0.355 e. The van der Waals surface area contributed by atoms with Gasteiger partial charge in [-0.25, -0.2) is 18.4 Å². The number of aromatic nitrogens is 3. The van der Waals surface area contributed by atoms with Gasteiger partial charge >= 0.3 is 5.76 Å². The van der Waals surface area contributed by atoms with Crippen molar-refractivity contribution in [2.24, 2.45) is 5.92 Å². The Balaban J connectivity index is 1.56. The summed E-state index contributed by atoms with van der Waals surface area (Å²) in [5.74, 6) is -3.77. The minimum Gasteiger partial charge on any atom is -0.477 e. The van der Waals surface area contributed by atoms with Gasteiger partial charge in [-0.15, -0.1) is 11.3 Å². The molecule has 3 heterocycles. The second kappa shape index (κ2) is 11.2. The van der Waals surface area contributed by atoms with Crippen molar-refractivity contribution in [1.29, 1.82) is 0 Å². The van der Waals surface area contributed by atoms with Crippen molar-refractivity contribution in [2.75, 3.05) is 24.5 Å².